The second kappa shape index (κ2) is 5.49. The number of hydrogen-bond donors (Lipinski definition) is 3. The first-order valence-corrected chi connectivity index (χ1v) is 5.92. The van der Waals surface area contributed by atoms with Crippen molar-refractivity contribution in [2.45, 2.75) is 13.8 Å². The van der Waals surface area contributed by atoms with Gasteiger partial charge in [0.2, 0.25) is 0 Å². The number of nitrogens with one attached hydrogen (secondary N) is 2. The molecule has 0 fully saturated rings. The zero-order chi connectivity index (χ0) is 13.8. The molecule has 1 aromatic heterocycles. The highest BCUT2D eigenvalue weighted by atomic mass is 16.1. The van der Waals surface area contributed by atoms with Crippen LogP contribution in [-0.4, -0.2) is 10.9 Å². The van der Waals surface area contributed by atoms with Crippen molar-refractivity contribution in [2.24, 2.45) is 5.84 Å². The number of anilines is 2. The van der Waals surface area contributed by atoms with E-state index in [1.807, 2.05) is 26.0 Å². The number of rotatable bonds is 3. The molecule has 1 heterocycles. The van der Waals surface area contributed by atoms with E-state index >= 15 is 0 Å². The minimum atomic E-state index is -0.169. The fourth-order valence-electron chi connectivity index (χ4n) is 1.73. The first-order chi connectivity index (χ1) is 9.10. The lowest BCUT2D eigenvalue weighted by Crippen LogP contribution is -2.13. The Bertz CT molecular complexity index is 593. The van der Waals surface area contributed by atoms with Gasteiger partial charge in [-0.05, 0) is 50.2 Å². The van der Waals surface area contributed by atoms with E-state index in [4.69, 9.17) is 5.84 Å². The summed E-state index contributed by atoms with van der Waals surface area (Å²) in [6, 6.07) is 10.6. The molecule has 4 N–H and O–H groups in total. The summed E-state index contributed by atoms with van der Waals surface area (Å²) in [5.41, 5.74) is 6.28. The molecule has 0 unspecified atom stereocenters. The fourth-order valence-corrected chi connectivity index (χ4v) is 1.73. The smallest absolute Gasteiger partial charge is 0.255 e. The minimum absolute atomic E-state index is 0.169. The number of nitrogen functional groups attached to an aromatic ring is 1. The van der Waals surface area contributed by atoms with Gasteiger partial charge in [0.05, 0.1) is 11.4 Å². The van der Waals surface area contributed by atoms with Gasteiger partial charge in [-0.2, -0.15) is 0 Å². The summed E-state index contributed by atoms with van der Waals surface area (Å²) in [7, 11) is 0. The summed E-state index contributed by atoms with van der Waals surface area (Å²) in [6.45, 7) is 3.78. The van der Waals surface area contributed by atoms with Gasteiger partial charge >= 0.3 is 0 Å². The van der Waals surface area contributed by atoms with Gasteiger partial charge in [-0.15, -0.1) is 0 Å². The van der Waals surface area contributed by atoms with E-state index in [0.717, 1.165) is 22.8 Å². The number of nitrogens with two attached hydrogens (primary N) is 1. The minimum Gasteiger partial charge on any atom is -0.324 e. The quantitative estimate of drug-likeness (QED) is 0.581. The number of carbonyl (C=O) groups is 1. The van der Waals surface area contributed by atoms with Crippen molar-refractivity contribution >= 4 is 17.3 Å². The molecule has 0 radical (unpaired) electrons. The molecular weight excluding hydrogens is 240 g/mol. The largest absolute Gasteiger partial charge is 0.324 e. The van der Waals surface area contributed by atoms with E-state index < -0.39 is 0 Å². The van der Waals surface area contributed by atoms with Crippen LogP contribution in [0, 0.1) is 13.8 Å². The highest BCUT2D eigenvalue weighted by Gasteiger charge is 2.08. The van der Waals surface area contributed by atoms with Crippen molar-refractivity contribution in [2.75, 3.05) is 10.7 Å². The number of aromatic nitrogens is 1. The van der Waals surface area contributed by atoms with Gasteiger partial charge in [-0.3, -0.25) is 15.6 Å². The molecule has 5 nitrogen and oxygen atoms in total. The molecule has 0 spiro atoms. The second-order valence-electron chi connectivity index (χ2n) is 4.26. The van der Waals surface area contributed by atoms with Gasteiger partial charge in [0.15, 0.2) is 0 Å². The number of hydrogen-bond acceptors (Lipinski definition) is 4. The summed E-state index contributed by atoms with van der Waals surface area (Å²) in [5, 5.41) is 2.84. The Morgan fingerprint density at radius 3 is 2.37 bits per heavy atom. The Hall–Kier alpha value is -2.40. The summed E-state index contributed by atoms with van der Waals surface area (Å²) >= 11 is 0. The van der Waals surface area contributed by atoms with Gasteiger partial charge in [0, 0.05) is 16.9 Å². The molecule has 98 valence electrons. The van der Waals surface area contributed by atoms with Crippen LogP contribution in [-0.2, 0) is 0 Å². The summed E-state index contributed by atoms with van der Waals surface area (Å²) in [5.74, 6) is 5.11. The normalized spacial score (nSPS) is 10.1. The van der Waals surface area contributed by atoms with Crippen LogP contribution >= 0.6 is 0 Å². The number of aryl methyl sites for hydroxylation is 2. The maximum atomic E-state index is 12.1. The third-order valence-corrected chi connectivity index (χ3v) is 2.79. The molecule has 2 rings (SSSR count). The van der Waals surface area contributed by atoms with E-state index in [2.05, 4.69) is 15.7 Å². The second-order valence-corrected chi connectivity index (χ2v) is 4.26. The van der Waals surface area contributed by atoms with Crippen LogP contribution in [0.5, 0.6) is 0 Å². The molecule has 2 aromatic rings. The van der Waals surface area contributed by atoms with Crippen molar-refractivity contribution in [3.8, 4) is 0 Å². The number of pyridine rings is 1. The van der Waals surface area contributed by atoms with Gasteiger partial charge in [0.25, 0.3) is 5.91 Å². The molecule has 5 heteroatoms. The summed E-state index contributed by atoms with van der Waals surface area (Å²) in [6.07, 6.45) is 0. The molecule has 0 saturated heterocycles. The van der Waals surface area contributed by atoms with E-state index in [1.54, 1.807) is 24.3 Å². The predicted octanol–water partition coefficient (Wildman–Crippen LogP) is 2.24. The van der Waals surface area contributed by atoms with Gasteiger partial charge in [-0.25, -0.2) is 0 Å². The zero-order valence-electron chi connectivity index (χ0n) is 10.9. The molecule has 0 atom stereocenters. The zero-order valence-corrected chi connectivity index (χ0v) is 10.9. The topological polar surface area (TPSA) is 80.0 Å². The maximum absolute atomic E-state index is 12.1. The third-order valence-electron chi connectivity index (χ3n) is 2.79. The highest BCUT2D eigenvalue weighted by molar-refractivity contribution is 6.04. The molecule has 19 heavy (non-hydrogen) atoms. The lowest BCUT2D eigenvalue weighted by Gasteiger charge is -2.09. The average Bonchev–Trinajstić information content (AvgIpc) is 2.42. The lowest BCUT2D eigenvalue weighted by atomic mass is 10.2. The Balaban J connectivity index is 2.15. The predicted molar refractivity (Wildman–Crippen MR) is 75.9 cm³/mol. The van der Waals surface area contributed by atoms with Crippen molar-refractivity contribution in [1.29, 1.82) is 0 Å². The molecule has 0 aliphatic carbocycles. The Kier molecular flexibility index (Phi) is 3.77. The van der Waals surface area contributed by atoms with Crippen LogP contribution < -0.4 is 16.6 Å². The molecule has 0 saturated carbocycles. The van der Waals surface area contributed by atoms with E-state index in [1.165, 1.54) is 0 Å². The van der Waals surface area contributed by atoms with Gasteiger partial charge in [-0.1, -0.05) is 0 Å². The third kappa shape index (κ3) is 3.08. The van der Waals surface area contributed by atoms with E-state index in [0.29, 0.717) is 5.56 Å². The summed E-state index contributed by atoms with van der Waals surface area (Å²) in [4.78, 5) is 16.4. The van der Waals surface area contributed by atoms with Crippen LogP contribution in [0.3, 0.4) is 0 Å². The Morgan fingerprint density at radius 2 is 1.79 bits per heavy atom. The van der Waals surface area contributed by atoms with Crippen molar-refractivity contribution < 1.29 is 4.79 Å². The highest BCUT2D eigenvalue weighted by Crippen LogP contribution is 2.15. The number of hydrazine groups is 1. The van der Waals surface area contributed by atoms with Crippen LogP contribution in [0.1, 0.15) is 21.7 Å². The standard InChI is InChI=1S/C14H16N4O/c1-9-3-8-13(10(2)16-9)17-14(19)11-4-6-12(18-15)7-5-11/h3-8,18H,15H2,1-2H3,(H,17,19). The van der Waals surface area contributed by atoms with Crippen molar-refractivity contribution in [3.63, 3.8) is 0 Å². The van der Waals surface area contributed by atoms with E-state index in [-0.39, 0.29) is 5.91 Å². The lowest BCUT2D eigenvalue weighted by molar-refractivity contribution is 0.102. The summed E-state index contributed by atoms with van der Waals surface area (Å²) < 4.78 is 0. The maximum Gasteiger partial charge on any atom is 0.255 e. The van der Waals surface area contributed by atoms with Crippen molar-refractivity contribution in [1.82, 2.24) is 4.98 Å². The van der Waals surface area contributed by atoms with Crippen LogP contribution in [0.25, 0.3) is 0 Å². The van der Waals surface area contributed by atoms with Gasteiger partial charge < -0.3 is 10.7 Å². The fraction of sp³-hybridized carbons (Fsp3) is 0.143. The number of carbonyl (C=O) groups excluding carboxylic acids is 1. The molecule has 0 aliphatic rings. The van der Waals surface area contributed by atoms with Gasteiger partial charge in [0.1, 0.15) is 0 Å². The first kappa shape index (κ1) is 13.0. The SMILES string of the molecule is Cc1ccc(NC(=O)c2ccc(NN)cc2)c(C)n1. The molecule has 0 bridgehead atoms. The number of benzene rings is 1. The van der Waals surface area contributed by atoms with E-state index in [9.17, 15) is 4.79 Å². The first-order valence-electron chi connectivity index (χ1n) is 5.92. The Morgan fingerprint density at radius 1 is 1.11 bits per heavy atom. The average molecular weight is 256 g/mol. The van der Waals surface area contributed by atoms with Crippen LogP contribution in [0.4, 0.5) is 11.4 Å². The number of amides is 1. The van der Waals surface area contributed by atoms with Crippen LogP contribution in [0.15, 0.2) is 36.4 Å². The molecule has 1 amide bonds. The molecule has 0 aliphatic heterocycles. The molecule has 1 aromatic carbocycles. The van der Waals surface area contributed by atoms with Crippen molar-refractivity contribution in [3.05, 3.63) is 53.3 Å². The number of nitrogens with zero attached hydrogens (tertiary/aromatic N) is 1. The Labute approximate surface area is 111 Å². The molecular formula is C14H16N4O. The monoisotopic (exact) mass is 256 g/mol. The van der Waals surface area contributed by atoms with Crippen LogP contribution in [0.2, 0.25) is 0 Å².